The quantitative estimate of drug-likeness (QED) is 0.869. The van der Waals surface area contributed by atoms with Crippen LogP contribution in [0.15, 0.2) is 23.1 Å². The largest absolute Gasteiger partial charge is 0.352 e. The number of hydrogen-bond acceptors (Lipinski definition) is 3. The van der Waals surface area contributed by atoms with Crippen LogP contribution < -0.4 is 5.32 Å². The second-order valence-corrected chi connectivity index (χ2v) is 7.55. The molecule has 0 atom stereocenters. The molecule has 2 rings (SSSR count). The first-order valence-corrected chi connectivity index (χ1v) is 8.52. The Morgan fingerprint density at radius 2 is 2.05 bits per heavy atom. The molecule has 0 aliphatic heterocycles. The average molecular weight is 302 g/mol. The molecule has 0 unspecified atom stereocenters. The van der Waals surface area contributed by atoms with Crippen LogP contribution in [0.4, 0.5) is 0 Å². The van der Waals surface area contributed by atoms with Gasteiger partial charge in [-0.25, -0.2) is 8.42 Å². The third-order valence-corrected chi connectivity index (χ3v) is 4.70. The molecule has 0 heterocycles. The number of amides is 1. The van der Waals surface area contributed by atoms with Crippen molar-refractivity contribution in [3.8, 4) is 0 Å². The number of hydrogen-bond donors (Lipinski definition) is 1. The third-order valence-electron chi connectivity index (χ3n) is 3.37. The normalized spacial score (nSPS) is 15.9. The van der Waals surface area contributed by atoms with Crippen molar-refractivity contribution in [2.45, 2.75) is 31.1 Å². The zero-order valence-corrected chi connectivity index (χ0v) is 12.2. The van der Waals surface area contributed by atoms with Gasteiger partial charge < -0.3 is 5.32 Å². The van der Waals surface area contributed by atoms with E-state index in [1.165, 1.54) is 18.6 Å². The van der Waals surface area contributed by atoms with Gasteiger partial charge in [0, 0.05) is 22.8 Å². The summed E-state index contributed by atoms with van der Waals surface area (Å²) in [5.74, 6) is 0.308. The first-order chi connectivity index (χ1) is 8.86. The Bertz CT molecular complexity index is 594. The van der Waals surface area contributed by atoms with Crippen LogP contribution in [0.5, 0.6) is 0 Å². The van der Waals surface area contributed by atoms with Crippen LogP contribution in [-0.2, 0) is 9.05 Å². The smallest absolute Gasteiger partial charge is 0.261 e. The summed E-state index contributed by atoms with van der Waals surface area (Å²) in [6.07, 6.45) is 3.52. The molecule has 4 nitrogen and oxygen atoms in total. The molecule has 0 aromatic heterocycles. The number of halogens is 1. The molecule has 1 N–H and O–H groups in total. The van der Waals surface area contributed by atoms with Crippen molar-refractivity contribution in [1.29, 1.82) is 0 Å². The van der Waals surface area contributed by atoms with E-state index < -0.39 is 9.05 Å². The minimum absolute atomic E-state index is 0.0389. The maximum absolute atomic E-state index is 12.0. The minimum Gasteiger partial charge on any atom is -0.352 e. The van der Waals surface area contributed by atoms with Gasteiger partial charge in [0.05, 0.1) is 4.90 Å². The van der Waals surface area contributed by atoms with E-state index in [9.17, 15) is 13.2 Å². The van der Waals surface area contributed by atoms with Crippen LogP contribution in [0.2, 0.25) is 0 Å². The van der Waals surface area contributed by atoms with Crippen molar-refractivity contribution in [3.05, 3.63) is 29.3 Å². The highest BCUT2D eigenvalue weighted by Crippen LogP contribution is 2.25. The SMILES string of the molecule is Cc1cc(C(=O)NCC2CCC2)cc(S(=O)(=O)Cl)c1. The third kappa shape index (κ3) is 3.70. The maximum atomic E-state index is 12.0. The van der Waals surface area contributed by atoms with Gasteiger partial charge in [-0.3, -0.25) is 4.79 Å². The summed E-state index contributed by atoms with van der Waals surface area (Å²) in [5.41, 5.74) is 1.02. The van der Waals surface area contributed by atoms with Gasteiger partial charge in [0.2, 0.25) is 0 Å². The molecule has 1 aromatic carbocycles. The van der Waals surface area contributed by atoms with Crippen LogP contribution in [0, 0.1) is 12.8 Å². The molecule has 0 bridgehead atoms. The van der Waals surface area contributed by atoms with E-state index >= 15 is 0 Å². The van der Waals surface area contributed by atoms with E-state index in [0.29, 0.717) is 23.6 Å². The fourth-order valence-electron chi connectivity index (χ4n) is 2.06. The molecule has 1 aromatic rings. The number of aryl methyl sites for hydroxylation is 1. The molecular weight excluding hydrogens is 286 g/mol. The first-order valence-electron chi connectivity index (χ1n) is 6.21. The molecule has 1 fully saturated rings. The summed E-state index contributed by atoms with van der Waals surface area (Å²) in [6, 6.07) is 4.41. The molecule has 0 radical (unpaired) electrons. The standard InChI is InChI=1S/C13H16ClNO3S/c1-9-5-11(7-12(6-9)19(14,17)18)13(16)15-8-10-3-2-4-10/h5-7,10H,2-4,8H2,1H3,(H,15,16). The van der Waals surface area contributed by atoms with Gasteiger partial charge in [0.15, 0.2) is 0 Å². The molecular formula is C13H16ClNO3S. The Morgan fingerprint density at radius 1 is 1.37 bits per heavy atom. The number of benzene rings is 1. The van der Waals surface area contributed by atoms with Crippen molar-refractivity contribution in [2.24, 2.45) is 5.92 Å². The van der Waals surface area contributed by atoms with Crippen LogP contribution in [0.3, 0.4) is 0 Å². The summed E-state index contributed by atoms with van der Waals surface area (Å²) in [5, 5.41) is 2.83. The van der Waals surface area contributed by atoms with E-state index in [4.69, 9.17) is 10.7 Å². The molecule has 0 saturated heterocycles. The Morgan fingerprint density at radius 3 is 2.58 bits per heavy atom. The van der Waals surface area contributed by atoms with Crippen molar-refractivity contribution in [3.63, 3.8) is 0 Å². The van der Waals surface area contributed by atoms with Gasteiger partial charge in [0.1, 0.15) is 0 Å². The highest BCUT2D eigenvalue weighted by Gasteiger charge is 2.19. The summed E-state index contributed by atoms with van der Waals surface area (Å²) >= 11 is 0. The van der Waals surface area contributed by atoms with Crippen LogP contribution in [-0.4, -0.2) is 20.9 Å². The first kappa shape index (κ1) is 14.3. The highest BCUT2D eigenvalue weighted by atomic mass is 35.7. The predicted molar refractivity (Wildman–Crippen MR) is 73.9 cm³/mol. The summed E-state index contributed by atoms with van der Waals surface area (Å²) in [6.45, 7) is 2.38. The number of rotatable bonds is 4. The molecule has 1 aliphatic carbocycles. The Labute approximate surface area is 117 Å². The van der Waals surface area contributed by atoms with E-state index in [2.05, 4.69) is 5.32 Å². The van der Waals surface area contributed by atoms with Gasteiger partial charge in [-0.15, -0.1) is 0 Å². The number of nitrogens with one attached hydrogen (secondary N) is 1. The lowest BCUT2D eigenvalue weighted by Crippen LogP contribution is -2.32. The lowest BCUT2D eigenvalue weighted by Gasteiger charge is -2.25. The number of carbonyl (C=O) groups is 1. The minimum atomic E-state index is -3.81. The van der Waals surface area contributed by atoms with Crippen molar-refractivity contribution in [1.82, 2.24) is 5.32 Å². The number of carbonyl (C=O) groups excluding carboxylic acids is 1. The Balaban J connectivity index is 2.14. The van der Waals surface area contributed by atoms with E-state index in [-0.39, 0.29) is 10.8 Å². The van der Waals surface area contributed by atoms with Gasteiger partial charge in [0.25, 0.3) is 15.0 Å². The van der Waals surface area contributed by atoms with Crippen LogP contribution >= 0.6 is 10.7 Å². The molecule has 0 spiro atoms. The Kier molecular flexibility index (Phi) is 4.16. The van der Waals surface area contributed by atoms with Crippen molar-refractivity contribution < 1.29 is 13.2 Å². The predicted octanol–water partition coefficient (Wildman–Crippen LogP) is 2.45. The van der Waals surface area contributed by atoms with Crippen LogP contribution in [0.1, 0.15) is 35.2 Å². The highest BCUT2D eigenvalue weighted by molar-refractivity contribution is 8.13. The van der Waals surface area contributed by atoms with E-state index in [0.717, 1.165) is 12.8 Å². The van der Waals surface area contributed by atoms with Gasteiger partial charge >= 0.3 is 0 Å². The molecule has 104 valence electrons. The fourth-order valence-corrected chi connectivity index (χ4v) is 2.92. The molecule has 6 heteroatoms. The molecule has 1 aliphatic rings. The van der Waals surface area contributed by atoms with Crippen molar-refractivity contribution in [2.75, 3.05) is 6.54 Å². The van der Waals surface area contributed by atoms with Gasteiger partial charge in [-0.05, 0) is 49.4 Å². The zero-order valence-electron chi connectivity index (χ0n) is 10.6. The molecule has 1 amide bonds. The molecule has 19 heavy (non-hydrogen) atoms. The zero-order chi connectivity index (χ0) is 14.0. The second-order valence-electron chi connectivity index (χ2n) is 4.98. The summed E-state index contributed by atoms with van der Waals surface area (Å²) in [4.78, 5) is 11.9. The summed E-state index contributed by atoms with van der Waals surface area (Å²) < 4.78 is 22.6. The lowest BCUT2D eigenvalue weighted by atomic mass is 9.85. The van der Waals surface area contributed by atoms with Gasteiger partial charge in [-0.1, -0.05) is 6.42 Å². The Hall–Kier alpha value is -1.07. The average Bonchev–Trinajstić information content (AvgIpc) is 2.24. The topological polar surface area (TPSA) is 63.2 Å². The van der Waals surface area contributed by atoms with E-state index in [1.807, 2.05) is 0 Å². The fraction of sp³-hybridized carbons (Fsp3) is 0.462. The van der Waals surface area contributed by atoms with Gasteiger partial charge in [-0.2, -0.15) is 0 Å². The molecule has 1 saturated carbocycles. The van der Waals surface area contributed by atoms with Crippen LogP contribution in [0.25, 0.3) is 0 Å². The lowest BCUT2D eigenvalue weighted by molar-refractivity contribution is 0.0939. The second kappa shape index (κ2) is 5.51. The maximum Gasteiger partial charge on any atom is 0.261 e. The van der Waals surface area contributed by atoms with E-state index in [1.54, 1.807) is 13.0 Å². The summed E-state index contributed by atoms with van der Waals surface area (Å²) in [7, 11) is 1.49. The van der Waals surface area contributed by atoms with Crippen molar-refractivity contribution >= 4 is 25.6 Å². The monoisotopic (exact) mass is 301 g/mol.